The summed E-state index contributed by atoms with van der Waals surface area (Å²) in [6.45, 7) is 2.96. The number of rotatable bonds is 6. The average Bonchev–Trinajstić information content (AvgIpc) is 3.37. The highest BCUT2D eigenvalue weighted by Crippen LogP contribution is 2.39. The van der Waals surface area contributed by atoms with Crippen LogP contribution in [0.25, 0.3) is 5.76 Å². The number of aromatic nitrogens is 2. The first kappa shape index (κ1) is 20.9. The van der Waals surface area contributed by atoms with Crippen LogP contribution in [-0.4, -0.2) is 37.8 Å². The van der Waals surface area contributed by atoms with Gasteiger partial charge in [0.1, 0.15) is 5.76 Å². The molecule has 1 aliphatic rings. The maximum absolute atomic E-state index is 13.0. The van der Waals surface area contributed by atoms with E-state index in [1.54, 1.807) is 48.9 Å². The van der Waals surface area contributed by atoms with Gasteiger partial charge in [-0.2, -0.15) is 0 Å². The number of Topliss-reactive ketones (excluding diaryl/α,β-unsaturated/α-hetero) is 1. The molecule has 1 aromatic heterocycles. The number of benzene rings is 2. The van der Waals surface area contributed by atoms with E-state index in [1.807, 2.05) is 29.8 Å². The summed E-state index contributed by atoms with van der Waals surface area (Å²) in [4.78, 5) is 31.5. The number of hydrogen-bond acceptors (Lipinski definition) is 4. The van der Waals surface area contributed by atoms with Crippen LogP contribution in [0, 0.1) is 6.92 Å². The summed E-state index contributed by atoms with van der Waals surface area (Å²) in [5.41, 5.74) is 2.35. The van der Waals surface area contributed by atoms with Gasteiger partial charge < -0.3 is 14.6 Å². The van der Waals surface area contributed by atoms with Crippen LogP contribution >= 0.6 is 11.6 Å². The van der Waals surface area contributed by atoms with Crippen LogP contribution in [0.3, 0.4) is 0 Å². The number of aliphatic hydroxyl groups excluding tert-OH is 1. The molecule has 1 atom stereocenters. The van der Waals surface area contributed by atoms with Crippen molar-refractivity contribution in [3.63, 3.8) is 0 Å². The number of nitrogens with zero attached hydrogens (tertiary/aromatic N) is 3. The van der Waals surface area contributed by atoms with Crippen LogP contribution < -0.4 is 0 Å². The quantitative estimate of drug-likeness (QED) is 0.354. The zero-order chi connectivity index (χ0) is 22.0. The van der Waals surface area contributed by atoms with Crippen molar-refractivity contribution in [1.82, 2.24) is 14.5 Å². The van der Waals surface area contributed by atoms with E-state index in [0.717, 1.165) is 11.1 Å². The van der Waals surface area contributed by atoms with Gasteiger partial charge in [0.15, 0.2) is 0 Å². The summed E-state index contributed by atoms with van der Waals surface area (Å²) in [7, 11) is 0. The SMILES string of the molecule is Cc1ccc(/C(O)=C2\C(=O)C(=O)N(CCCn3ccnc3)C2c2ccc(Cl)cc2)cc1. The summed E-state index contributed by atoms with van der Waals surface area (Å²) in [5, 5.41) is 11.6. The molecule has 0 bridgehead atoms. The number of amides is 1. The van der Waals surface area contributed by atoms with Gasteiger partial charge in [0.25, 0.3) is 11.7 Å². The predicted molar refractivity (Wildman–Crippen MR) is 118 cm³/mol. The zero-order valence-corrected chi connectivity index (χ0v) is 17.8. The van der Waals surface area contributed by atoms with Crippen molar-refractivity contribution in [3.05, 3.63) is 94.5 Å². The van der Waals surface area contributed by atoms with Crippen molar-refractivity contribution >= 4 is 29.1 Å². The van der Waals surface area contributed by atoms with Crippen molar-refractivity contribution in [2.75, 3.05) is 6.54 Å². The standard InChI is InChI=1S/C24H22ClN3O3/c1-16-3-5-18(6-4-16)22(29)20-21(17-7-9-19(25)10-8-17)28(24(31)23(20)30)13-2-12-27-14-11-26-15-27/h3-11,14-15,21,29H,2,12-13H2,1H3/b22-20+. The van der Waals surface area contributed by atoms with Crippen molar-refractivity contribution < 1.29 is 14.7 Å². The molecule has 1 aliphatic heterocycles. The Kier molecular flexibility index (Phi) is 5.91. The van der Waals surface area contributed by atoms with E-state index in [4.69, 9.17) is 11.6 Å². The molecule has 0 spiro atoms. The maximum Gasteiger partial charge on any atom is 0.295 e. The van der Waals surface area contributed by atoms with Gasteiger partial charge in [0.2, 0.25) is 0 Å². The van der Waals surface area contributed by atoms with Crippen LogP contribution in [0.15, 0.2) is 72.8 Å². The molecular formula is C24H22ClN3O3. The second-order valence-corrected chi connectivity index (χ2v) is 8.00. The summed E-state index contributed by atoms with van der Waals surface area (Å²) >= 11 is 6.04. The van der Waals surface area contributed by atoms with Gasteiger partial charge in [-0.3, -0.25) is 9.59 Å². The number of ketones is 1. The first-order valence-electron chi connectivity index (χ1n) is 10.0. The minimum absolute atomic E-state index is 0.0961. The van der Waals surface area contributed by atoms with E-state index < -0.39 is 17.7 Å². The number of carbonyl (C=O) groups excluding carboxylic acids is 2. The number of hydrogen-bond donors (Lipinski definition) is 1. The van der Waals surface area contributed by atoms with Gasteiger partial charge in [-0.15, -0.1) is 0 Å². The highest BCUT2D eigenvalue weighted by molar-refractivity contribution is 6.46. The number of halogens is 1. The Labute approximate surface area is 185 Å². The Hall–Kier alpha value is -3.38. The van der Waals surface area contributed by atoms with Gasteiger partial charge in [-0.25, -0.2) is 4.98 Å². The molecule has 1 amide bonds. The Morgan fingerprint density at radius 2 is 1.77 bits per heavy atom. The fourth-order valence-corrected chi connectivity index (χ4v) is 3.94. The van der Waals surface area contributed by atoms with Gasteiger partial charge in [0, 0.05) is 36.1 Å². The first-order valence-corrected chi connectivity index (χ1v) is 10.4. The minimum Gasteiger partial charge on any atom is -0.507 e. The highest BCUT2D eigenvalue weighted by atomic mass is 35.5. The summed E-state index contributed by atoms with van der Waals surface area (Å²) in [6, 6.07) is 13.5. The largest absolute Gasteiger partial charge is 0.507 e. The number of carbonyl (C=O) groups is 2. The molecule has 6 nitrogen and oxygen atoms in total. The predicted octanol–water partition coefficient (Wildman–Crippen LogP) is 4.36. The number of imidazole rings is 1. The van der Waals surface area contributed by atoms with E-state index in [2.05, 4.69) is 4.98 Å². The summed E-state index contributed by atoms with van der Waals surface area (Å²) < 4.78 is 1.92. The fraction of sp³-hybridized carbons (Fsp3) is 0.208. The molecule has 2 heterocycles. The van der Waals surface area contributed by atoms with Gasteiger partial charge in [-0.1, -0.05) is 53.6 Å². The number of aliphatic hydroxyl groups is 1. The first-order chi connectivity index (χ1) is 15.0. The molecule has 3 aromatic rings. The summed E-state index contributed by atoms with van der Waals surface area (Å²) in [6.07, 6.45) is 5.89. The third kappa shape index (κ3) is 4.25. The second-order valence-electron chi connectivity index (χ2n) is 7.56. The Bertz CT molecular complexity index is 1120. The third-order valence-electron chi connectivity index (χ3n) is 5.43. The molecule has 1 fully saturated rings. The molecule has 0 radical (unpaired) electrons. The van der Waals surface area contributed by atoms with Crippen LogP contribution in [0.1, 0.15) is 29.2 Å². The monoisotopic (exact) mass is 435 g/mol. The molecule has 4 rings (SSSR count). The Morgan fingerprint density at radius 1 is 1.06 bits per heavy atom. The lowest BCUT2D eigenvalue weighted by Crippen LogP contribution is -2.31. The lowest BCUT2D eigenvalue weighted by Gasteiger charge is -2.25. The molecule has 0 aliphatic carbocycles. The van der Waals surface area contributed by atoms with Crippen molar-refractivity contribution in [3.8, 4) is 0 Å². The van der Waals surface area contributed by atoms with E-state index in [0.29, 0.717) is 30.1 Å². The van der Waals surface area contributed by atoms with Gasteiger partial charge in [0.05, 0.1) is 17.9 Å². The van der Waals surface area contributed by atoms with Crippen LogP contribution in [0.2, 0.25) is 5.02 Å². The molecule has 1 saturated heterocycles. The lowest BCUT2D eigenvalue weighted by atomic mass is 9.95. The van der Waals surface area contributed by atoms with Crippen LogP contribution in [-0.2, 0) is 16.1 Å². The Balaban J connectivity index is 1.72. The van der Waals surface area contributed by atoms with E-state index in [9.17, 15) is 14.7 Å². The Morgan fingerprint density at radius 3 is 2.42 bits per heavy atom. The van der Waals surface area contributed by atoms with E-state index in [1.165, 1.54) is 4.90 Å². The zero-order valence-electron chi connectivity index (χ0n) is 17.0. The van der Waals surface area contributed by atoms with Crippen molar-refractivity contribution in [1.29, 1.82) is 0 Å². The highest BCUT2D eigenvalue weighted by Gasteiger charge is 2.45. The number of aryl methyl sites for hydroxylation is 2. The summed E-state index contributed by atoms with van der Waals surface area (Å²) in [5.74, 6) is -1.46. The van der Waals surface area contributed by atoms with E-state index in [-0.39, 0.29) is 11.3 Å². The van der Waals surface area contributed by atoms with Crippen molar-refractivity contribution in [2.45, 2.75) is 25.9 Å². The number of likely N-dealkylation sites (tertiary alicyclic amines) is 1. The second kappa shape index (κ2) is 8.78. The van der Waals surface area contributed by atoms with Crippen LogP contribution in [0.4, 0.5) is 0 Å². The third-order valence-corrected chi connectivity index (χ3v) is 5.68. The molecule has 7 heteroatoms. The fourth-order valence-electron chi connectivity index (χ4n) is 3.81. The molecule has 0 saturated carbocycles. The normalized spacial score (nSPS) is 18.0. The smallest absolute Gasteiger partial charge is 0.295 e. The minimum atomic E-state index is -0.680. The molecule has 1 unspecified atom stereocenters. The van der Waals surface area contributed by atoms with Gasteiger partial charge in [-0.05, 0) is 31.0 Å². The maximum atomic E-state index is 13.0. The topological polar surface area (TPSA) is 75.4 Å². The van der Waals surface area contributed by atoms with Gasteiger partial charge >= 0.3 is 0 Å². The lowest BCUT2D eigenvalue weighted by molar-refractivity contribution is -0.139. The van der Waals surface area contributed by atoms with Crippen LogP contribution in [0.5, 0.6) is 0 Å². The molecule has 31 heavy (non-hydrogen) atoms. The molecule has 158 valence electrons. The average molecular weight is 436 g/mol. The van der Waals surface area contributed by atoms with Crippen molar-refractivity contribution in [2.24, 2.45) is 0 Å². The molecule has 2 aromatic carbocycles. The van der Waals surface area contributed by atoms with E-state index >= 15 is 0 Å². The molecular weight excluding hydrogens is 414 g/mol. The molecule has 1 N–H and O–H groups in total.